The molecule has 2 amide bonds. The fourth-order valence-electron chi connectivity index (χ4n) is 2.01. The SMILES string of the molecule is CCN(CC)C(=O)c1sc(NC(=O)CCCCl)c(C#N)c1C. The zero-order valence-corrected chi connectivity index (χ0v) is 14.6. The molecule has 0 spiro atoms. The van der Waals surface area contributed by atoms with E-state index in [1.54, 1.807) is 11.8 Å². The molecule has 0 aromatic carbocycles. The molecule has 1 aromatic rings. The number of amides is 2. The van der Waals surface area contributed by atoms with Crippen LogP contribution in [0.3, 0.4) is 0 Å². The smallest absolute Gasteiger partial charge is 0.264 e. The molecule has 22 heavy (non-hydrogen) atoms. The molecule has 0 radical (unpaired) electrons. The van der Waals surface area contributed by atoms with Gasteiger partial charge in [0.2, 0.25) is 5.91 Å². The van der Waals surface area contributed by atoms with Gasteiger partial charge in [0, 0.05) is 25.4 Å². The number of nitrogens with one attached hydrogen (secondary N) is 1. The molecular weight excluding hydrogens is 322 g/mol. The third kappa shape index (κ3) is 4.21. The minimum Gasteiger partial charge on any atom is -0.338 e. The summed E-state index contributed by atoms with van der Waals surface area (Å²) in [5.41, 5.74) is 0.983. The molecule has 0 bridgehead atoms. The van der Waals surface area contributed by atoms with E-state index in [0.29, 0.717) is 52.8 Å². The standard InChI is InChI=1S/C15H20ClN3O2S/c1-4-19(5-2)15(21)13-10(3)11(9-17)14(22-13)18-12(20)7-6-8-16/h4-8H2,1-3H3,(H,18,20). The van der Waals surface area contributed by atoms with E-state index in [4.69, 9.17) is 11.6 Å². The number of carbonyl (C=O) groups is 2. The van der Waals surface area contributed by atoms with Crippen molar-refractivity contribution < 1.29 is 9.59 Å². The molecule has 0 fully saturated rings. The van der Waals surface area contributed by atoms with E-state index < -0.39 is 0 Å². The van der Waals surface area contributed by atoms with Crippen molar-refractivity contribution in [3.05, 3.63) is 16.0 Å². The summed E-state index contributed by atoms with van der Waals surface area (Å²) >= 11 is 6.73. The van der Waals surface area contributed by atoms with E-state index in [2.05, 4.69) is 11.4 Å². The maximum absolute atomic E-state index is 12.5. The second-order valence-corrected chi connectivity index (χ2v) is 6.09. The number of alkyl halides is 1. The minimum absolute atomic E-state index is 0.106. The maximum Gasteiger partial charge on any atom is 0.264 e. The van der Waals surface area contributed by atoms with Gasteiger partial charge in [-0.2, -0.15) is 5.26 Å². The zero-order chi connectivity index (χ0) is 16.7. The summed E-state index contributed by atoms with van der Waals surface area (Å²) in [6, 6.07) is 2.07. The molecular formula is C15H20ClN3O2S. The first-order valence-corrected chi connectivity index (χ1v) is 8.53. The first-order chi connectivity index (χ1) is 10.5. The number of carbonyl (C=O) groups excluding carboxylic acids is 2. The van der Waals surface area contributed by atoms with Gasteiger partial charge in [-0.3, -0.25) is 9.59 Å². The molecule has 1 N–H and O–H groups in total. The Kier molecular flexibility index (Phi) is 7.36. The number of rotatable bonds is 7. The van der Waals surface area contributed by atoms with Crippen molar-refractivity contribution in [1.29, 1.82) is 5.26 Å². The molecule has 0 unspecified atom stereocenters. The van der Waals surface area contributed by atoms with Gasteiger partial charge in [0.1, 0.15) is 11.1 Å². The fraction of sp³-hybridized carbons (Fsp3) is 0.533. The molecule has 1 heterocycles. The summed E-state index contributed by atoms with van der Waals surface area (Å²) in [6.07, 6.45) is 0.871. The third-order valence-electron chi connectivity index (χ3n) is 3.29. The highest BCUT2D eigenvalue weighted by Crippen LogP contribution is 2.33. The normalized spacial score (nSPS) is 10.1. The lowest BCUT2D eigenvalue weighted by molar-refractivity contribution is -0.116. The molecule has 1 aromatic heterocycles. The number of nitriles is 1. The summed E-state index contributed by atoms with van der Waals surface area (Å²) in [7, 11) is 0. The molecule has 0 aliphatic carbocycles. The van der Waals surface area contributed by atoms with Crippen molar-refractivity contribution in [2.45, 2.75) is 33.6 Å². The number of thiophene rings is 1. The van der Waals surface area contributed by atoms with Crippen LogP contribution in [-0.2, 0) is 4.79 Å². The van der Waals surface area contributed by atoms with Crippen LogP contribution in [0, 0.1) is 18.3 Å². The molecule has 0 saturated heterocycles. The van der Waals surface area contributed by atoms with Gasteiger partial charge >= 0.3 is 0 Å². The Labute approximate surface area is 139 Å². The van der Waals surface area contributed by atoms with Crippen LogP contribution in [0.5, 0.6) is 0 Å². The summed E-state index contributed by atoms with van der Waals surface area (Å²) in [5, 5.41) is 12.5. The van der Waals surface area contributed by atoms with Crippen molar-refractivity contribution in [2.24, 2.45) is 0 Å². The van der Waals surface area contributed by atoms with Crippen molar-refractivity contribution in [2.75, 3.05) is 24.3 Å². The Hall–Kier alpha value is -1.58. The lowest BCUT2D eigenvalue weighted by Gasteiger charge is -2.17. The van der Waals surface area contributed by atoms with E-state index in [1.807, 2.05) is 13.8 Å². The van der Waals surface area contributed by atoms with Crippen molar-refractivity contribution in [1.82, 2.24) is 4.90 Å². The number of nitrogens with zero attached hydrogens (tertiary/aromatic N) is 2. The molecule has 120 valence electrons. The largest absolute Gasteiger partial charge is 0.338 e. The number of halogens is 1. The predicted octanol–water partition coefficient (Wildman–Crippen LogP) is 3.37. The predicted molar refractivity (Wildman–Crippen MR) is 89.6 cm³/mol. The highest BCUT2D eigenvalue weighted by atomic mass is 35.5. The average molecular weight is 342 g/mol. The number of hydrogen-bond acceptors (Lipinski definition) is 4. The van der Waals surface area contributed by atoms with Crippen LogP contribution in [0.2, 0.25) is 0 Å². The molecule has 7 heteroatoms. The Morgan fingerprint density at radius 2 is 2.00 bits per heavy atom. The lowest BCUT2D eigenvalue weighted by atomic mass is 10.1. The van der Waals surface area contributed by atoms with E-state index in [1.165, 1.54) is 0 Å². The average Bonchev–Trinajstić information content (AvgIpc) is 2.81. The molecule has 1 rings (SSSR count). The maximum atomic E-state index is 12.5. The van der Waals surface area contributed by atoms with Crippen molar-refractivity contribution >= 4 is 39.8 Å². The van der Waals surface area contributed by atoms with Crippen LogP contribution in [0.4, 0.5) is 5.00 Å². The molecule has 0 aliphatic heterocycles. The first kappa shape index (κ1) is 18.5. The fourth-order valence-corrected chi connectivity index (χ4v) is 3.29. The van der Waals surface area contributed by atoms with Crippen molar-refractivity contribution in [3.63, 3.8) is 0 Å². The van der Waals surface area contributed by atoms with Crippen LogP contribution in [0.15, 0.2) is 0 Å². The van der Waals surface area contributed by atoms with E-state index in [9.17, 15) is 14.9 Å². The van der Waals surface area contributed by atoms with Gasteiger partial charge in [0.15, 0.2) is 0 Å². The Bertz CT molecular complexity index is 588. The Morgan fingerprint density at radius 3 is 2.50 bits per heavy atom. The van der Waals surface area contributed by atoms with Crippen LogP contribution >= 0.6 is 22.9 Å². The number of hydrogen-bond donors (Lipinski definition) is 1. The molecule has 0 atom stereocenters. The molecule has 0 saturated carbocycles. The van der Waals surface area contributed by atoms with Crippen LogP contribution in [-0.4, -0.2) is 35.7 Å². The van der Waals surface area contributed by atoms with E-state index in [-0.39, 0.29) is 11.8 Å². The van der Waals surface area contributed by atoms with Gasteiger partial charge < -0.3 is 10.2 Å². The second-order valence-electron chi connectivity index (χ2n) is 4.69. The summed E-state index contributed by atoms with van der Waals surface area (Å²) in [6.45, 7) is 6.76. The minimum atomic E-state index is -0.194. The summed E-state index contributed by atoms with van der Waals surface area (Å²) < 4.78 is 0. The van der Waals surface area contributed by atoms with Gasteiger partial charge in [-0.05, 0) is 32.8 Å². The highest BCUT2D eigenvalue weighted by Gasteiger charge is 2.23. The van der Waals surface area contributed by atoms with Gasteiger partial charge in [-0.1, -0.05) is 0 Å². The molecule has 5 nitrogen and oxygen atoms in total. The van der Waals surface area contributed by atoms with Crippen LogP contribution < -0.4 is 5.32 Å². The Balaban J connectivity index is 3.06. The van der Waals surface area contributed by atoms with Crippen LogP contribution in [0.25, 0.3) is 0 Å². The van der Waals surface area contributed by atoms with Crippen LogP contribution in [0.1, 0.15) is 47.5 Å². The van der Waals surface area contributed by atoms with Gasteiger partial charge in [-0.15, -0.1) is 22.9 Å². The second kappa shape index (κ2) is 8.76. The van der Waals surface area contributed by atoms with E-state index >= 15 is 0 Å². The third-order valence-corrected chi connectivity index (χ3v) is 4.76. The zero-order valence-electron chi connectivity index (χ0n) is 13.0. The quantitative estimate of drug-likeness (QED) is 0.773. The highest BCUT2D eigenvalue weighted by molar-refractivity contribution is 7.18. The summed E-state index contributed by atoms with van der Waals surface area (Å²) in [4.78, 5) is 26.5. The lowest BCUT2D eigenvalue weighted by Crippen LogP contribution is -2.30. The number of anilines is 1. The monoisotopic (exact) mass is 341 g/mol. The first-order valence-electron chi connectivity index (χ1n) is 7.18. The molecule has 0 aliphatic rings. The van der Waals surface area contributed by atoms with Gasteiger partial charge in [-0.25, -0.2) is 0 Å². The summed E-state index contributed by atoms with van der Waals surface area (Å²) in [5.74, 6) is 0.110. The Morgan fingerprint density at radius 1 is 1.36 bits per heavy atom. The van der Waals surface area contributed by atoms with Crippen molar-refractivity contribution in [3.8, 4) is 6.07 Å². The van der Waals surface area contributed by atoms with Gasteiger partial charge in [0.05, 0.1) is 10.4 Å². The topological polar surface area (TPSA) is 73.2 Å². The van der Waals surface area contributed by atoms with E-state index in [0.717, 1.165) is 11.3 Å². The van der Waals surface area contributed by atoms with Gasteiger partial charge in [0.25, 0.3) is 5.91 Å².